The Kier molecular flexibility index (Phi) is 6.64. The second kappa shape index (κ2) is 6.24. The molecule has 0 amide bonds. The minimum atomic E-state index is 0.808. The van der Waals surface area contributed by atoms with E-state index in [0.717, 1.165) is 17.1 Å². The maximum atomic E-state index is 2.36. The quantitative estimate of drug-likeness (QED) is 0.602. The molecule has 0 saturated carbocycles. The molecule has 0 heterocycles. The molecule has 2 unspecified atom stereocenters. The highest BCUT2D eigenvalue weighted by molar-refractivity contribution is 8.76. The molecule has 0 spiro atoms. The number of hydrogen-bond donors (Lipinski definition) is 0. The molecule has 0 aliphatic heterocycles. The van der Waals surface area contributed by atoms with Crippen LogP contribution in [0.15, 0.2) is 0 Å². The van der Waals surface area contributed by atoms with Gasteiger partial charge < -0.3 is 0 Å². The molecule has 0 aromatic heterocycles. The van der Waals surface area contributed by atoms with Crippen LogP contribution in [0.4, 0.5) is 0 Å². The third kappa shape index (κ3) is 4.32. The van der Waals surface area contributed by atoms with Gasteiger partial charge in [-0.15, -0.1) is 0 Å². The van der Waals surface area contributed by atoms with Crippen molar-refractivity contribution in [2.75, 3.05) is 6.26 Å². The van der Waals surface area contributed by atoms with Crippen LogP contribution in [-0.4, -0.2) is 11.5 Å². The molecule has 0 aliphatic carbocycles. The summed E-state index contributed by atoms with van der Waals surface area (Å²) in [6.45, 7) is 9.27. The normalized spacial score (nSPS) is 16.9. The maximum absolute atomic E-state index is 2.36. The molecule has 0 fully saturated rings. The van der Waals surface area contributed by atoms with Gasteiger partial charge >= 0.3 is 0 Å². The first kappa shape index (κ1) is 11.7. The van der Waals surface area contributed by atoms with Gasteiger partial charge in [0.2, 0.25) is 0 Å². The van der Waals surface area contributed by atoms with Gasteiger partial charge in [-0.3, -0.25) is 0 Å². The molecule has 0 aliphatic rings. The molecule has 0 N–H and O–H groups in total. The fourth-order valence-corrected chi connectivity index (χ4v) is 3.94. The molecular formula is C9H20S2. The Labute approximate surface area is 79.3 Å². The predicted molar refractivity (Wildman–Crippen MR) is 59.2 cm³/mol. The molecule has 2 heteroatoms. The second-order valence-corrected chi connectivity index (χ2v) is 6.00. The zero-order valence-electron chi connectivity index (χ0n) is 8.26. The van der Waals surface area contributed by atoms with E-state index in [2.05, 4.69) is 34.0 Å². The van der Waals surface area contributed by atoms with E-state index in [1.165, 1.54) is 6.42 Å². The lowest BCUT2D eigenvalue weighted by Crippen LogP contribution is -2.18. The SMILES string of the molecule is CCC(C)C(SSC)C(C)C. The van der Waals surface area contributed by atoms with Crippen LogP contribution in [-0.2, 0) is 0 Å². The average Bonchev–Trinajstić information content (AvgIpc) is 1.98. The van der Waals surface area contributed by atoms with Crippen LogP contribution in [0, 0.1) is 11.8 Å². The van der Waals surface area contributed by atoms with E-state index in [4.69, 9.17) is 0 Å². The predicted octanol–water partition coefficient (Wildman–Crippen LogP) is 4.07. The zero-order valence-corrected chi connectivity index (χ0v) is 9.89. The highest BCUT2D eigenvalue weighted by atomic mass is 33.1. The van der Waals surface area contributed by atoms with Crippen molar-refractivity contribution in [1.82, 2.24) is 0 Å². The van der Waals surface area contributed by atoms with Crippen molar-refractivity contribution in [1.29, 1.82) is 0 Å². The average molecular weight is 192 g/mol. The summed E-state index contributed by atoms with van der Waals surface area (Å²) in [5, 5.41) is 0.829. The van der Waals surface area contributed by atoms with Crippen molar-refractivity contribution >= 4 is 21.6 Å². The van der Waals surface area contributed by atoms with Crippen molar-refractivity contribution in [3.63, 3.8) is 0 Å². The van der Waals surface area contributed by atoms with Gasteiger partial charge in [0, 0.05) is 5.25 Å². The van der Waals surface area contributed by atoms with E-state index in [-0.39, 0.29) is 0 Å². The van der Waals surface area contributed by atoms with Gasteiger partial charge in [-0.2, -0.15) is 0 Å². The molecule has 0 radical (unpaired) electrons. The fourth-order valence-electron chi connectivity index (χ4n) is 1.21. The summed E-state index contributed by atoms with van der Waals surface area (Å²) < 4.78 is 0. The van der Waals surface area contributed by atoms with Crippen LogP contribution in [0.25, 0.3) is 0 Å². The van der Waals surface area contributed by atoms with Crippen molar-refractivity contribution in [3.8, 4) is 0 Å². The lowest BCUT2D eigenvalue weighted by Gasteiger charge is -2.24. The molecule has 0 nitrogen and oxygen atoms in total. The molecule has 11 heavy (non-hydrogen) atoms. The summed E-state index contributed by atoms with van der Waals surface area (Å²) in [5.74, 6) is 1.66. The van der Waals surface area contributed by atoms with Gasteiger partial charge in [0.25, 0.3) is 0 Å². The molecule has 0 saturated heterocycles. The van der Waals surface area contributed by atoms with Gasteiger partial charge in [-0.25, -0.2) is 0 Å². The summed E-state index contributed by atoms with van der Waals surface area (Å²) in [5.41, 5.74) is 0. The summed E-state index contributed by atoms with van der Waals surface area (Å²) in [7, 11) is 3.93. The molecule has 0 aromatic carbocycles. The summed E-state index contributed by atoms with van der Waals surface area (Å²) in [4.78, 5) is 0. The van der Waals surface area contributed by atoms with E-state index in [1.54, 1.807) is 0 Å². The lowest BCUT2D eigenvalue weighted by molar-refractivity contribution is 0.447. The van der Waals surface area contributed by atoms with Crippen molar-refractivity contribution in [2.24, 2.45) is 11.8 Å². The second-order valence-electron chi connectivity index (χ2n) is 3.36. The molecule has 2 atom stereocenters. The van der Waals surface area contributed by atoms with Crippen LogP contribution < -0.4 is 0 Å². The van der Waals surface area contributed by atoms with E-state index in [9.17, 15) is 0 Å². The van der Waals surface area contributed by atoms with Gasteiger partial charge in [0.05, 0.1) is 0 Å². The number of rotatable bonds is 5. The fraction of sp³-hybridized carbons (Fsp3) is 1.00. The monoisotopic (exact) mass is 192 g/mol. The standard InChI is InChI=1S/C9H20S2/c1-6-8(4)9(7(2)3)11-10-5/h7-9H,6H2,1-5H3. The Bertz CT molecular complexity index is 91.6. The number of hydrogen-bond acceptors (Lipinski definition) is 2. The van der Waals surface area contributed by atoms with Crippen LogP contribution in [0.1, 0.15) is 34.1 Å². The highest BCUT2D eigenvalue weighted by Crippen LogP contribution is 2.35. The van der Waals surface area contributed by atoms with E-state index >= 15 is 0 Å². The highest BCUT2D eigenvalue weighted by Gasteiger charge is 2.19. The van der Waals surface area contributed by atoms with E-state index < -0.39 is 0 Å². The van der Waals surface area contributed by atoms with Gasteiger partial charge in [-0.05, 0) is 18.1 Å². The Hall–Kier alpha value is 0.700. The van der Waals surface area contributed by atoms with Crippen molar-refractivity contribution in [2.45, 2.75) is 39.4 Å². The maximum Gasteiger partial charge on any atom is 0.0199 e. The largest absolute Gasteiger partial charge is 0.0973 e. The minimum Gasteiger partial charge on any atom is -0.0973 e. The topological polar surface area (TPSA) is 0 Å². The Balaban J connectivity index is 3.87. The van der Waals surface area contributed by atoms with E-state index in [0.29, 0.717) is 0 Å². The van der Waals surface area contributed by atoms with Gasteiger partial charge in [-0.1, -0.05) is 55.7 Å². The molecule has 0 bridgehead atoms. The van der Waals surface area contributed by atoms with Gasteiger partial charge in [0.15, 0.2) is 0 Å². The molecule has 0 rings (SSSR count). The lowest BCUT2D eigenvalue weighted by atomic mass is 9.96. The Morgan fingerprint density at radius 1 is 1.18 bits per heavy atom. The van der Waals surface area contributed by atoms with Crippen LogP contribution >= 0.6 is 21.6 Å². The van der Waals surface area contributed by atoms with Crippen LogP contribution in [0.2, 0.25) is 0 Å². The van der Waals surface area contributed by atoms with Crippen LogP contribution in [0.5, 0.6) is 0 Å². The molecule has 68 valence electrons. The summed E-state index contributed by atoms with van der Waals surface area (Å²) in [6.07, 6.45) is 3.47. The smallest absolute Gasteiger partial charge is 0.0199 e. The van der Waals surface area contributed by atoms with Gasteiger partial charge in [0.1, 0.15) is 0 Å². The first-order valence-electron chi connectivity index (χ1n) is 4.32. The van der Waals surface area contributed by atoms with Crippen molar-refractivity contribution < 1.29 is 0 Å². The first-order valence-corrected chi connectivity index (χ1v) is 6.95. The van der Waals surface area contributed by atoms with Crippen molar-refractivity contribution in [3.05, 3.63) is 0 Å². The van der Waals surface area contributed by atoms with E-state index in [1.807, 2.05) is 21.6 Å². The third-order valence-electron chi connectivity index (χ3n) is 2.07. The molecule has 0 aromatic rings. The Morgan fingerprint density at radius 2 is 1.73 bits per heavy atom. The molecular weight excluding hydrogens is 172 g/mol. The third-order valence-corrected chi connectivity index (χ3v) is 4.74. The summed E-state index contributed by atoms with van der Waals surface area (Å²) >= 11 is 0. The van der Waals surface area contributed by atoms with Crippen LogP contribution in [0.3, 0.4) is 0 Å². The Morgan fingerprint density at radius 3 is 2.00 bits per heavy atom. The zero-order chi connectivity index (χ0) is 8.85. The summed E-state index contributed by atoms with van der Waals surface area (Å²) in [6, 6.07) is 0. The minimum absolute atomic E-state index is 0.808. The first-order chi connectivity index (χ1) is 5.13.